The lowest BCUT2D eigenvalue weighted by atomic mass is 10.2. The molecule has 0 aliphatic heterocycles. The minimum absolute atomic E-state index is 0.251. The number of amides is 1. The van der Waals surface area contributed by atoms with Crippen LogP contribution in [0.4, 0.5) is 16.2 Å². The molecule has 0 spiro atoms. The molecule has 1 aromatic rings. The van der Waals surface area contributed by atoms with E-state index in [0.29, 0.717) is 0 Å². The van der Waals surface area contributed by atoms with Gasteiger partial charge in [-0.3, -0.25) is 15.4 Å². The topological polar surface area (TPSA) is 113 Å². The number of anilines is 1. The Hall–Kier alpha value is -2.31. The van der Waals surface area contributed by atoms with Crippen molar-refractivity contribution in [2.45, 2.75) is 0 Å². The molecule has 7 heteroatoms. The van der Waals surface area contributed by atoms with Gasteiger partial charge in [0.15, 0.2) is 0 Å². The molecule has 0 atom stereocenters. The Kier molecular flexibility index (Phi) is 2.52. The van der Waals surface area contributed by atoms with Crippen LogP contribution < -0.4 is 5.32 Å². The van der Waals surface area contributed by atoms with Crippen LogP contribution in [0.15, 0.2) is 18.2 Å². The highest BCUT2D eigenvalue weighted by Gasteiger charge is 2.15. The van der Waals surface area contributed by atoms with Crippen LogP contribution in [0, 0.1) is 10.1 Å². The van der Waals surface area contributed by atoms with Crippen molar-refractivity contribution in [2.75, 3.05) is 5.32 Å². The third-order valence-corrected chi connectivity index (χ3v) is 1.42. The van der Waals surface area contributed by atoms with Gasteiger partial charge in [0.05, 0.1) is 4.92 Å². The number of nitro benzene ring substituents is 1. The Balaban J connectivity index is 3.15. The highest BCUT2D eigenvalue weighted by Crippen LogP contribution is 2.27. The molecule has 7 nitrogen and oxygen atoms in total. The molecule has 3 N–H and O–H groups in total. The van der Waals surface area contributed by atoms with Crippen LogP contribution in [0.25, 0.3) is 0 Å². The second-order valence-electron chi connectivity index (χ2n) is 2.39. The minimum atomic E-state index is -1.43. The molecule has 0 saturated carbocycles. The SMILES string of the molecule is O=C(O)Nc1cc(O)ccc1[N+](=O)[O-]. The van der Waals surface area contributed by atoms with Gasteiger partial charge in [0.2, 0.25) is 0 Å². The molecule has 0 saturated heterocycles. The van der Waals surface area contributed by atoms with E-state index in [0.717, 1.165) is 18.2 Å². The summed E-state index contributed by atoms with van der Waals surface area (Å²) in [6.45, 7) is 0. The van der Waals surface area contributed by atoms with E-state index in [1.807, 2.05) is 5.32 Å². The van der Waals surface area contributed by atoms with Crippen LogP contribution in [-0.2, 0) is 0 Å². The maximum atomic E-state index is 10.4. The summed E-state index contributed by atoms with van der Waals surface area (Å²) in [6.07, 6.45) is -1.43. The summed E-state index contributed by atoms with van der Waals surface area (Å²) in [6, 6.07) is 3.08. The molecular formula is C7H6N2O5. The maximum absolute atomic E-state index is 10.4. The summed E-state index contributed by atoms with van der Waals surface area (Å²) in [5.74, 6) is -0.251. The van der Waals surface area contributed by atoms with Crippen molar-refractivity contribution in [3.63, 3.8) is 0 Å². The van der Waals surface area contributed by atoms with Gasteiger partial charge in [0.1, 0.15) is 11.4 Å². The number of hydrogen-bond acceptors (Lipinski definition) is 4. The number of phenols is 1. The molecule has 0 bridgehead atoms. The standard InChI is InChI=1S/C7H6N2O5/c10-4-1-2-6(9(13)14)5(3-4)8-7(11)12/h1-3,8,10H,(H,11,12). The van der Waals surface area contributed by atoms with E-state index < -0.39 is 16.7 Å². The smallest absolute Gasteiger partial charge is 0.409 e. The normalized spacial score (nSPS) is 9.43. The molecule has 1 rings (SSSR count). The number of phenolic OH excluding ortho intramolecular Hbond substituents is 1. The molecule has 0 aliphatic carbocycles. The van der Waals surface area contributed by atoms with Gasteiger partial charge in [-0.25, -0.2) is 4.79 Å². The Morgan fingerprint density at radius 1 is 1.50 bits per heavy atom. The van der Waals surface area contributed by atoms with Gasteiger partial charge >= 0.3 is 6.09 Å². The predicted molar refractivity (Wildman–Crippen MR) is 46.4 cm³/mol. The van der Waals surface area contributed by atoms with Gasteiger partial charge in [-0.05, 0) is 6.07 Å². The lowest BCUT2D eigenvalue weighted by Crippen LogP contribution is -2.08. The number of rotatable bonds is 2. The van der Waals surface area contributed by atoms with E-state index in [1.54, 1.807) is 0 Å². The predicted octanol–water partition coefficient (Wildman–Crippen LogP) is 1.39. The van der Waals surface area contributed by atoms with E-state index in [1.165, 1.54) is 0 Å². The van der Waals surface area contributed by atoms with Gasteiger partial charge in [-0.15, -0.1) is 0 Å². The summed E-state index contributed by atoms with van der Waals surface area (Å²) in [5.41, 5.74) is -0.673. The molecule has 0 unspecified atom stereocenters. The minimum Gasteiger partial charge on any atom is -0.508 e. The highest BCUT2D eigenvalue weighted by molar-refractivity contribution is 5.86. The van der Waals surface area contributed by atoms with Crippen LogP contribution in [0.1, 0.15) is 0 Å². The van der Waals surface area contributed by atoms with Crippen molar-refractivity contribution >= 4 is 17.5 Å². The average molecular weight is 198 g/mol. The molecule has 74 valence electrons. The highest BCUT2D eigenvalue weighted by atomic mass is 16.6. The van der Waals surface area contributed by atoms with Gasteiger partial charge in [0.25, 0.3) is 5.69 Å². The monoisotopic (exact) mass is 198 g/mol. The number of aromatic hydroxyl groups is 1. The summed E-state index contributed by atoms with van der Waals surface area (Å²) in [4.78, 5) is 19.9. The van der Waals surface area contributed by atoms with Gasteiger partial charge < -0.3 is 10.2 Å². The number of carbonyl (C=O) groups is 1. The van der Waals surface area contributed by atoms with Gasteiger partial charge in [0, 0.05) is 12.1 Å². The van der Waals surface area contributed by atoms with Crippen molar-refractivity contribution in [2.24, 2.45) is 0 Å². The van der Waals surface area contributed by atoms with Crippen molar-refractivity contribution in [1.82, 2.24) is 0 Å². The second-order valence-corrected chi connectivity index (χ2v) is 2.39. The fourth-order valence-corrected chi connectivity index (χ4v) is 0.899. The van der Waals surface area contributed by atoms with Crippen LogP contribution in [0.5, 0.6) is 5.75 Å². The molecule has 1 amide bonds. The van der Waals surface area contributed by atoms with Crippen molar-refractivity contribution < 1.29 is 19.9 Å². The number of hydrogen-bond donors (Lipinski definition) is 3. The lowest BCUT2D eigenvalue weighted by molar-refractivity contribution is -0.383. The van der Waals surface area contributed by atoms with E-state index in [9.17, 15) is 14.9 Å². The first-order valence-corrected chi connectivity index (χ1v) is 3.48. The average Bonchev–Trinajstić information content (AvgIpc) is 2.01. The zero-order valence-corrected chi connectivity index (χ0v) is 6.80. The summed E-state index contributed by atoms with van der Waals surface area (Å²) < 4.78 is 0. The molecule has 0 aromatic heterocycles. The Labute approximate surface area is 77.7 Å². The largest absolute Gasteiger partial charge is 0.508 e. The Morgan fingerprint density at radius 3 is 2.64 bits per heavy atom. The summed E-state index contributed by atoms with van der Waals surface area (Å²) in [7, 11) is 0. The van der Waals surface area contributed by atoms with Crippen molar-refractivity contribution in [3.05, 3.63) is 28.3 Å². The molecule has 0 fully saturated rings. The molecule has 0 radical (unpaired) electrons. The first-order chi connectivity index (χ1) is 6.50. The Morgan fingerprint density at radius 2 is 2.14 bits per heavy atom. The molecule has 0 aliphatic rings. The van der Waals surface area contributed by atoms with Gasteiger partial charge in [-0.1, -0.05) is 0 Å². The van der Waals surface area contributed by atoms with Crippen molar-refractivity contribution in [3.8, 4) is 5.75 Å². The third kappa shape index (κ3) is 2.09. The zero-order chi connectivity index (χ0) is 10.7. The van der Waals surface area contributed by atoms with Crippen LogP contribution in [0.2, 0.25) is 0 Å². The van der Waals surface area contributed by atoms with Crippen molar-refractivity contribution in [1.29, 1.82) is 0 Å². The van der Waals surface area contributed by atoms with E-state index in [4.69, 9.17) is 10.2 Å². The number of nitrogens with zero attached hydrogens (tertiary/aromatic N) is 1. The fraction of sp³-hybridized carbons (Fsp3) is 0. The quantitative estimate of drug-likeness (QED) is 0.490. The fourth-order valence-electron chi connectivity index (χ4n) is 0.899. The van der Waals surface area contributed by atoms with Crippen LogP contribution in [-0.4, -0.2) is 21.2 Å². The first kappa shape index (κ1) is 9.78. The summed E-state index contributed by atoms with van der Waals surface area (Å²) >= 11 is 0. The third-order valence-electron chi connectivity index (χ3n) is 1.42. The number of carboxylic acid groups (broad SMARTS) is 1. The van der Waals surface area contributed by atoms with E-state index in [2.05, 4.69) is 0 Å². The van der Waals surface area contributed by atoms with Crippen LogP contribution in [0.3, 0.4) is 0 Å². The molecule has 1 aromatic carbocycles. The summed E-state index contributed by atoms with van der Waals surface area (Å²) in [5, 5.41) is 29.5. The molecule has 0 heterocycles. The lowest BCUT2D eigenvalue weighted by Gasteiger charge is -2.02. The number of benzene rings is 1. The second kappa shape index (κ2) is 3.60. The van der Waals surface area contributed by atoms with Gasteiger partial charge in [-0.2, -0.15) is 0 Å². The van der Waals surface area contributed by atoms with Crippen LogP contribution >= 0.6 is 0 Å². The van der Waals surface area contributed by atoms with E-state index in [-0.39, 0.29) is 11.4 Å². The number of nitrogens with one attached hydrogen (secondary N) is 1. The van der Waals surface area contributed by atoms with E-state index >= 15 is 0 Å². The Bertz CT molecular complexity index is 390. The molecule has 14 heavy (non-hydrogen) atoms. The zero-order valence-electron chi connectivity index (χ0n) is 6.80. The number of nitro groups is 1. The first-order valence-electron chi connectivity index (χ1n) is 3.48. The molecular weight excluding hydrogens is 192 g/mol. The maximum Gasteiger partial charge on any atom is 0.409 e.